The van der Waals surface area contributed by atoms with E-state index in [1.54, 1.807) is 18.7 Å². The first-order valence-electron chi connectivity index (χ1n) is 12.8. The predicted molar refractivity (Wildman–Crippen MR) is 142 cm³/mol. The van der Waals surface area contributed by atoms with E-state index in [-0.39, 0.29) is 17.9 Å². The van der Waals surface area contributed by atoms with Gasteiger partial charge < -0.3 is 4.90 Å². The van der Waals surface area contributed by atoms with Gasteiger partial charge in [0.15, 0.2) is 0 Å². The Kier molecular flexibility index (Phi) is 7.53. The van der Waals surface area contributed by atoms with Crippen molar-refractivity contribution in [3.63, 3.8) is 0 Å². The molecular weight excluding hydrogens is 472 g/mol. The topological polar surface area (TPSA) is 84.3 Å². The van der Waals surface area contributed by atoms with Crippen molar-refractivity contribution in [3.05, 3.63) is 69.8 Å². The summed E-state index contributed by atoms with van der Waals surface area (Å²) < 4.78 is 1.45. The van der Waals surface area contributed by atoms with Crippen LogP contribution in [0.25, 0.3) is 10.9 Å². The standard InChI is InChI=1S/C28H32N4O3S/c1-19-29-22-6-5-7-24(26(22)28(35)32(19)23-12-13-25(33)30-27(23)34)36-18-21-10-8-20(9-11-21)14-17-31-15-3-2-4-16-31/h5-11,23H,2-4,12-18H2,1H3,(H,30,33,34). The molecule has 36 heavy (non-hydrogen) atoms. The van der Waals surface area contributed by atoms with Crippen LogP contribution in [0.5, 0.6) is 0 Å². The van der Waals surface area contributed by atoms with Crippen molar-refractivity contribution in [2.45, 2.75) is 62.1 Å². The lowest BCUT2D eigenvalue weighted by Crippen LogP contribution is -2.45. The molecule has 2 aliphatic heterocycles. The summed E-state index contributed by atoms with van der Waals surface area (Å²) >= 11 is 1.61. The zero-order valence-electron chi connectivity index (χ0n) is 20.7. The zero-order chi connectivity index (χ0) is 25.1. The lowest BCUT2D eigenvalue weighted by molar-refractivity contribution is -0.135. The molecule has 188 valence electrons. The van der Waals surface area contributed by atoms with Gasteiger partial charge in [0, 0.05) is 23.6 Å². The van der Waals surface area contributed by atoms with Crippen LogP contribution < -0.4 is 10.9 Å². The molecule has 0 saturated carbocycles. The molecule has 3 aromatic rings. The number of aromatic nitrogens is 2. The molecule has 0 radical (unpaired) electrons. The highest BCUT2D eigenvalue weighted by atomic mass is 32.2. The number of rotatable bonds is 7. The quantitative estimate of drug-likeness (QED) is 0.387. The first kappa shape index (κ1) is 24.7. The van der Waals surface area contributed by atoms with Crippen LogP contribution in [0.1, 0.15) is 55.1 Å². The van der Waals surface area contributed by atoms with Crippen LogP contribution in [0.3, 0.4) is 0 Å². The fourth-order valence-electron chi connectivity index (χ4n) is 5.17. The van der Waals surface area contributed by atoms with Crippen LogP contribution in [-0.4, -0.2) is 45.9 Å². The molecule has 1 aromatic heterocycles. The molecule has 2 aromatic carbocycles. The molecule has 0 bridgehead atoms. The van der Waals surface area contributed by atoms with Gasteiger partial charge in [0.05, 0.1) is 10.9 Å². The molecule has 2 aliphatic rings. The minimum absolute atomic E-state index is 0.213. The summed E-state index contributed by atoms with van der Waals surface area (Å²) in [5.74, 6) is 0.467. The summed E-state index contributed by atoms with van der Waals surface area (Å²) in [4.78, 5) is 45.7. The minimum Gasteiger partial charge on any atom is -0.303 e. The van der Waals surface area contributed by atoms with E-state index in [1.165, 1.54) is 48.0 Å². The molecule has 1 atom stereocenters. The number of carbonyl (C=O) groups is 2. The second-order valence-electron chi connectivity index (χ2n) is 9.71. The Bertz CT molecular complexity index is 1330. The number of hydrogen-bond donors (Lipinski definition) is 1. The van der Waals surface area contributed by atoms with Gasteiger partial charge >= 0.3 is 0 Å². The predicted octanol–water partition coefficient (Wildman–Crippen LogP) is 4.00. The summed E-state index contributed by atoms with van der Waals surface area (Å²) in [5.41, 5.74) is 2.94. The molecule has 1 N–H and O–H groups in total. The number of carbonyl (C=O) groups excluding carboxylic acids is 2. The fraction of sp³-hybridized carbons (Fsp3) is 0.429. The van der Waals surface area contributed by atoms with Crippen molar-refractivity contribution in [1.29, 1.82) is 0 Å². The van der Waals surface area contributed by atoms with E-state index in [0.717, 1.165) is 23.6 Å². The van der Waals surface area contributed by atoms with Gasteiger partial charge in [0.2, 0.25) is 11.8 Å². The van der Waals surface area contributed by atoms with Gasteiger partial charge in [0.1, 0.15) is 11.9 Å². The van der Waals surface area contributed by atoms with E-state index >= 15 is 0 Å². The molecule has 8 heteroatoms. The third-order valence-corrected chi connectivity index (χ3v) is 8.30. The average Bonchev–Trinajstić information content (AvgIpc) is 2.88. The summed E-state index contributed by atoms with van der Waals surface area (Å²) in [5, 5.41) is 2.87. The van der Waals surface area contributed by atoms with E-state index in [0.29, 0.717) is 23.1 Å². The van der Waals surface area contributed by atoms with Gasteiger partial charge in [-0.1, -0.05) is 36.8 Å². The fourth-order valence-corrected chi connectivity index (χ4v) is 6.20. The Morgan fingerprint density at radius 3 is 2.50 bits per heavy atom. The first-order chi connectivity index (χ1) is 17.5. The van der Waals surface area contributed by atoms with Crippen molar-refractivity contribution in [2.24, 2.45) is 0 Å². The second-order valence-corrected chi connectivity index (χ2v) is 10.7. The summed E-state index contributed by atoms with van der Waals surface area (Å²) in [6.45, 7) is 5.30. The third-order valence-electron chi connectivity index (χ3n) is 7.17. The third kappa shape index (κ3) is 5.39. The van der Waals surface area contributed by atoms with Crippen LogP contribution >= 0.6 is 11.8 Å². The Labute approximate surface area is 215 Å². The number of benzene rings is 2. The van der Waals surface area contributed by atoms with Gasteiger partial charge in [-0.05, 0) is 69.0 Å². The van der Waals surface area contributed by atoms with Crippen molar-refractivity contribution in [2.75, 3.05) is 19.6 Å². The van der Waals surface area contributed by atoms with Gasteiger partial charge in [0.25, 0.3) is 5.56 Å². The number of hydrogen-bond acceptors (Lipinski definition) is 6. The number of nitrogens with one attached hydrogen (secondary N) is 1. The van der Waals surface area contributed by atoms with Crippen molar-refractivity contribution < 1.29 is 9.59 Å². The molecule has 0 spiro atoms. The van der Waals surface area contributed by atoms with Crippen LogP contribution in [-0.2, 0) is 21.8 Å². The highest BCUT2D eigenvalue weighted by Crippen LogP contribution is 2.29. The van der Waals surface area contributed by atoms with E-state index in [9.17, 15) is 14.4 Å². The maximum Gasteiger partial charge on any atom is 0.263 e. The molecule has 1 unspecified atom stereocenters. The van der Waals surface area contributed by atoms with Crippen molar-refractivity contribution in [3.8, 4) is 0 Å². The van der Waals surface area contributed by atoms with E-state index in [2.05, 4.69) is 39.5 Å². The Morgan fingerprint density at radius 1 is 1.00 bits per heavy atom. The van der Waals surface area contributed by atoms with Gasteiger partial charge in [-0.3, -0.25) is 24.3 Å². The number of fused-ring (bicyclic) bond motifs is 1. The highest BCUT2D eigenvalue weighted by molar-refractivity contribution is 7.98. The van der Waals surface area contributed by atoms with Gasteiger partial charge in [-0.25, -0.2) is 4.98 Å². The minimum atomic E-state index is -0.720. The van der Waals surface area contributed by atoms with Crippen LogP contribution in [0.15, 0.2) is 52.2 Å². The normalized spacial score (nSPS) is 19.0. The zero-order valence-corrected chi connectivity index (χ0v) is 21.5. The highest BCUT2D eigenvalue weighted by Gasteiger charge is 2.30. The lowest BCUT2D eigenvalue weighted by Gasteiger charge is -2.26. The number of aryl methyl sites for hydroxylation is 1. The number of thioether (sulfide) groups is 1. The monoisotopic (exact) mass is 504 g/mol. The molecule has 2 saturated heterocycles. The summed E-state index contributed by atoms with van der Waals surface area (Å²) in [7, 11) is 0. The van der Waals surface area contributed by atoms with E-state index in [4.69, 9.17) is 0 Å². The maximum absolute atomic E-state index is 13.6. The number of likely N-dealkylation sites (tertiary alicyclic amines) is 1. The van der Waals surface area contributed by atoms with Crippen LogP contribution in [0, 0.1) is 6.92 Å². The second kappa shape index (κ2) is 11.0. The lowest BCUT2D eigenvalue weighted by atomic mass is 10.1. The number of imide groups is 1. The van der Waals surface area contributed by atoms with E-state index in [1.807, 2.05) is 18.2 Å². The number of amides is 2. The molecule has 0 aliphatic carbocycles. The van der Waals surface area contributed by atoms with Gasteiger partial charge in [-0.15, -0.1) is 11.8 Å². The molecular formula is C28H32N4O3S. The summed E-state index contributed by atoms with van der Waals surface area (Å²) in [6, 6.07) is 13.7. The maximum atomic E-state index is 13.6. The Hall–Kier alpha value is -2.97. The smallest absolute Gasteiger partial charge is 0.263 e. The largest absolute Gasteiger partial charge is 0.303 e. The summed E-state index contributed by atoms with van der Waals surface area (Å²) in [6.07, 6.45) is 5.58. The Morgan fingerprint density at radius 2 is 1.75 bits per heavy atom. The molecule has 5 rings (SSSR count). The molecule has 2 fully saturated rings. The van der Waals surface area contributed by atoms with Crippen LogP contribution in [0.4, 0.5) is 0 Å². The Balaban J connectivity index is 1.32. The number of nitrogens with zero attached hydrogens (tertiary/aromatic N) is 3. The SMILES string of the molecule is Cc1nc2cccc(SCc3ccc(CCN4CCCCC4)cc3)c2c(=O)n1C1CCC(=O)NC1=O. The van der Waals surface area contributed by atoms with Crippen molar-refractivity contribution >= 4 is 34.5 Å². The van der Waals surface area contributed by atoms with Crippen LogP contribution in [0.2, 0.25) is 0 Å². The first-order valence-corrected chi connectivity index (χ1v) is 13.8. The molecule has 2 amide bonds. The molecule has 3 heterocycles. The van der Waals surface area contributed by atoms with Crippen molar-refractivity contribution in [1.82, 2.24) is 19.8 Å². The average molecular weight is 505 g/mol. The number of piperidine rings is 2. The molecule has 7 nitrogen and oxygen atoms in total. The van der Waals surface area contributed by atoms with Gasteiger partial charge in [-0.2, -0.15) is 0 Å². The van der Waals surface area contributed by atoms with E-state index < -0.39 is 11.9 Å².